The van der Waals surface area contributed by atoms with E-state index >= 15 is 0 Å². The van der Waals surface area contributed by atoms with Gasteiger partial charge in [0.2, 0.25) is 0 Å². The average Bonchev–Trinajstić information content (AvgIpc) is 2.97. The van der Waals surface area contributed by atoms with Crippen molar-refractivity contribution in [3.05, 3.63) is 22.6 Å². The lowest BCUT2D eigenvalue weighted by atomic mass is 10.2. The number of carbonyl (C=O) groups excluding carboxylic acids is 1. The molecule has 0 saturated carbocycles. The summed E-state index contributed by atoms with van der Waals surface area (Å²) in [5.74, 6) is 0.747. The van der Waals surface area contributed by atoms with E-state index in [1.54, 1.807) is 11.9 Å². The smallest absolute Gasteiger partial charge is 0.317 e. The summed E-state index contributed by atoms with van der Waals surface area (Å²) in [6.07, 6.45) is 2.27. The minimum Gasteiger partial charge on any atom is -0.452 e. The number of ether oxygens (including phenoxy) is 1. The predicted molar refractivity (Wildman–Crippen MR) is 70.2 cm³/mol. The van der Waals surface area contributed by atoms with Gasteiger partial charge < -0.3 is 19.4 Å². The van der Waals surface area contributed by atoms with Crippen molar-refractivity contribution in [1.82, 2.24) is 10.2 Å². The number of carbonyl (C=O) groups is 1. The van der Waals surface area contributed by atoms with Gasteiger partial charge in [0.25, 0.3) is 0 Å². The molecule has 1 aromatic heterocycles. The third kappa shape index (κ3) is 3.74. The van der Waals surface area contributed by atoms with Gasteiger partial charge in [0.05, 0.1) is 12.6 Å². The first-order valence-electron chi connectivity index (χ1n) is 6.00. The van der Waals surface area contributed by atoms with E-state index in [-0.39, 0.29) is 12.1 Å². The van der Waals surface area contributed by atoms with E-state index in [2.05, 4.69) is 21.2 Å². The molecule has 0 bridgehead atoms. The first-order chi connectivity index (χ1) is 8.65. The van der Waals surface area contributed by atoms with Crippen LogP contribution in [0, 0.1) is 0 Å². The van der Waals surface area contributed by atoms with Crippen LogP contribution in [-0.4, -0.2) is 37.2 Å². The monoisotopic (exact) mass is 316 g/mol. The third-order valence-electron chi connectivity index (χ3n) is 2.87. The number of halogens is 1. The molecule has 100 valence electrons. The Balaban J connectivity index is 1.74. The number of rotatable bonds is 4. The molecule has 1 saturated heterocycles. The molecule has 0 spiro atoms. The van der Waals surface area contributed by atoms with Gasteiger partial charge in [0.15, 0.2) is 4.67 Å². The van der Waals surface area contributed by atoms with Crippen molar-refractivity contribution in [2.45, 2.75) is 25.5 Å². The number of hydrogen-bond acceptors (Lipinski definition) is 3. The van der Waals surface area contributed by atoms with Gasteiger partial charge in [0.1, 0.15) is 5.76 Å². The zero-order chi connectivity index (χ0) is 13.0. The SMILES string of the molecule is CN(Cc1ccc(Br)o1)C(=O)NC[C@@H]1CCCO1. The fourth-order valence-corrected chi connectivity index (χ4v) is 2.22. The zero-order valence-electron chi connectivity index (χ0n) is 10.3. The number of nitrogens with one attached hydrogen (secondary N) is 1. The highest BCUT2D eigenvalue weighted by molar-refractivity contribution is 9.10. The topological polar surface area (TPSA) is 54.7 Å². The molecule has 6 heteroatoms. The molecule has 1 aromatic rings. The maximum Gasteiger partial charge on any atom is 0.317 e. The number of amides is 2. The van der Waals surface area contributed by atoms with Gasteiger partial charge in [0, 0.05) is 20.2 Å². The van der Waals surface area contributed by atoms with E-state index in [1.165, 1.54) is 0 Å². The molecule has 2 amide bonds. The summed E-state index contributed by atoms with van der Waals surface area (Å²) in [7, 11) is 1.74. The van der Waals surface area contributed by atoms with Crippen LogP contribution in [0.2, 0.25) is 0 Å². The van der Waals surface area contributed by atoms with Crippen LogP contribution in [0.25, 0.3) is 0 Å². The second-order valence-electron chi connectivity index (χ2n) is 4.38. The maximum absolute atomic E-state index is 11.8. The summed E-state index contributed by atoms with van der Waals surface area (Å²) in [5, 5.41) is 2.86. The Hall–Kier alpha value is -1.01. The molecule has 1 aliphatic rings. The lowest BCUT2D eigenvalue weighted by Crippen LogP contribution is -2.40. The Morgan fingerprint density at radius 3 is 3.06 bits per heavy atom. The van der Waals surface area contributed by atoms with E-state index in [9.17, 15) is 4.79 Å². The third-order valence-corrected chi connectivity index (χ3v) is 3.30. The summed E-state index contributed by atoms with van der Waals surface area (Å²) < 4.78 is 11.5. The number of furan rings is 1. The lowest BCUT2D eigenvalue weighted by Gasteiger charge is -2.18. The highest BCUT2D eigenvalue weighted by Gasteiger charge is 2.17. The summed E-state index contributed by atoms with van der Waals surface area (Å²) in [5.41, 5.74) is 0. The van der Waals surface area contributed by atoms with Gasteiger partial charge >= 0.3 is 6.03 Å². The molecule has 1 atom stereocenters. The number of nitrogens with zero attached hydrogens (tertiary/aromatic N) is 1. The van der Waals surface area contributed by atoms with Gasteiger partial charge in [-0.05, 0) is 40.9 Å². The fourth-order valence-electron chi connectivity index (χ4n) is 1.88. The van der Waals surface area contributed by atoms with Crippen molar-refractivity contribution in [3.8, 4) is 0 Å². The van der Waals surface area contributed by atoms with Crippen LogP contribution in [0.15, 0.2) is 21.2 Å². The van der Waals surface area contributed by atoms with E-state index in [0.717, 1.165) is 25.2 Å². The summed E-state index contributed by atoms with van der Waals surface area (Å²) in [6, 6.07) is 3.54. The molecule has 0 aliphatic carbocycles. The normalized spacial score (nSPS) is 18.9. The van der Waals surface area contributed by atoms with Gasteiger partial charge in [-0.3, -0.25) is 0 Å². The Morgan fingerprint density at radius 1 is 1.61 bits per heavy atom. The quantitative estimate of drug-likeness (QED) is 0.927. The van der Waals surface area contributed by atoms with Crippen LogP contribution >= 0.6 is 15.9 Å². The first-order valence-corrected chi connectivity index (χ1v) is 6.79. The lowest BCUT2D eigenvalue weighted by molar-refractivity contribution is 0.109. The highest BCUT2D eigenvalue weighted by Crippen LogP contribution is 2.15. The van der Waals surface area contributed by atoms with Crippen molar-refractivity contribution in [2.75, 3.05) is 20.2 Å². The van der Waals surface area contributed by atoms with Crippen molar-refractivity contribution >= 4 is 22.0 Å². The summed E-state index contributed by atoms with van der Waals surface area (Å²) in [4.78, 5) is 13.4. The molecule has 0 unspecified atom stereocenters. The van der Waals surface area contributed by atoms with Crippen LogP contribution in [0.3, 0.4) is 0 Å². The second-order valence-corrected chi connectivity index (χ2v) is 5.16. The molecule has 2 heterocycles. The summed E-state index contributed by atoms with van der Waals surface area (Å²) >= 11 is 3.23. The predicted octanol–water partition coefficient (Wildman–Crippen LogP) is 2.36. The van der Waals surface area contributed by atoms with Crippen molar-refractivity contribution < 1.29 is 13.9 Å². The highest BCUT2D eigenvalue weighted by atomic mass is 79.9. The molecule has 1 fully saturated rings. The van der Waals surface area contributed by atoms with E-state index in [4.69, 9.17) is 9.15 Å². The maximum atomic E-state index is 11.8. The van der Waals surface area contributed by atoms with Crippen molar-refractivity contribution in [1.29, 1.82) is 0 Å². The minimum atomic E-state index is -0.113. The Bertz CT molecular complexity index is 402. The van der Waals surface area contributed by atoms with Crippen molar-refractivity contribution in [2.24, 2.45) is 0 Å². The van der Waals surface area contributed by atoms with Crippen LogP contribution in [-0.2, 0) is 11.3 Å². The molecular formula is C12H17BrN2O3. The van der Waals surface area contributed by atoms with E-state index in [0.29, 0.717) is 17.8 Å². The van der Waals surface area contributed by atoms with Crippen LogP contribution in [0.5, 0.6) is 0 Å². The average molecular weight is 317 g/mol. The Labute approximate surface area is 115 Å². The van der Waals surface area contributed by atoms with Gasteiger partial charge in [-0.15, -0.1) is 0 Å². The molecule has 18 heavy (non-hydrogen) atoms. The van der Waals surface area contributed by atoms with Crippen LogP contribution in [0.1, 0.15) is 18.6 Å². The molecule has 1 aliphatic heterocycles. The number of hydrogen-bond donors (Lipinski definition) is 1. The Morgan fingerprint density at radius 2 is 2.44 bits per heavy atom. The fraction of sp³-hybridized carbons (Fsp3) is 0.583. The molecule has 0 aromatic carbocycles. The van der Waals surface area contributed by atoms with Gasteiger partial charge in [-0.1, -0.05) is 0 Å². The van der Waals surface area contributed by atoms with Crippen LogP contribution in [0.4, 0.5) is 4.79 Å². The van der Waals surface area contributed by atoms with Crippen molar-refractivity contribution in [3.63, 3.8) is 0 Å². The van der Waals surface area contributed by atoms with E-state index in [1.807, 2.05) is 12.1 Å². The number of urea groups is 1. The zero-order valence-corrected chi connectivity index (χ0v) is 11.9. The molecular weight excluding hydrogens is 300 g/mol. The molecule has 0 radical (unpaired) electrons. The minimum absolute atomic E-state index is 0.113. The van der Waals surface area contributed by atoms with E-state index < -0.39 is 0 Å². The molecule has 2 rings (SSSR count). The molecule has 1 N–H and O–H groups in total. The Kier molecular flexibility index (Phi) is 4.66. The molecule has 5 nitrogen and oxygen atoms in total. The summed E-state index contributed by atoms with van der Waals surface area (Å²) in [6.45, 7) is 1.82. The van der Waals surface area contributed by atoms with Crippen LogP contribution < -0.4 is 5.32 Å². The van der Waals surface area contributed by atoms with Gasteiger partial charge in [-0.25, -0.2) is 4.79 Å². The van der Waals surface area contributed by atoms with Gasteiger partial charge in [-0.2, -0.15) is 0 Å². The largest absolute Gasteiger partial charge is 0.452 e. The standard InChI is InChI=1S/C12H17BrN2O3/c1-15(8-10-4-5-11(13)18-10)12(16)14-7-9-3-2-6-17-9/h4-5,9H,2-3,6-8H2,1H3,(H,14,16)/t9-/m0/s1. The first kappa shape index (κ1) is 13.4. The second kappa shape index (κ2) is 6.24.